The van der Waals surface area contributed by atoms with Crippen LogP contribution in [0.25, 0.3) is 0 Å². The van der Waals surface area contributed by atoms with Gasteiger partial charge in [-0.1, -0.05) is 23.2 Å². The molecule has 0 heterocycles. The van der Waals surface area contributed by atoms with Gasteiger partial charge in [0.2, 0.25) is 0 Å². The van der Waals surface area contributed by atoms with E-state index in [2.05, 4.69) is 0 Å². The number of rotatable bonds is 4. The van der Waals surface area contributed by atoms with E-state index in [1.165, 1.54) is 0 Å². The molecule has 0 aliphatic heterocycles. The summed E-state index contributed by atoms with van der Waals surface area (Å²) in [7, 11) is 0. The summed E-state index contributed by atoms with van der Waals surface area (Å²) in [5.74, 6) is 0.553. The number of nitrogens with two attached hydrogens (primary N) is 2. The highest BCUT2D eigenvalue weighted by Crippen LogP contribution is 2.27. The fraction of sp³-hybridized carbons (Fsp3) is 0.333. The maximum absolute atomic E-state index is 5.90. The lowest BCUT2D eigenvalue weighted by atomic mass is 10.3. The molecule has 0 saturated carbocycles. The second-order valence-corrected chi connectivity index (χ2v) is 3.63. The molecule has 0 amide bonds. The third kappa shape index (κ3) is 3.03. The molecule has 1 rings (SSSR count). The van der Waals surface area contributed by atoms with Crippen LogP contribution >= 0.6 is 23.2 Å². The van der Waals surface area contributed by atoms with Crippen molar-refractivity contribution in [3.8, 4) is 5.75 Å². The Balaban J connectivity index is 2.76. The molecule has 0 spiro atoms. The summed E-state index contributed by atoms with van der Waals surface area (Å²) in [6.07, 6.45) is -0.214. The SMILES string of the molecule is NCC(CN)Oc1ccc(Cl)cc1Cl. The Hall–Kier alpha value is -0.480. The summed E-state index contributed by atoms with van der Waals surface area (Å²) in [4.78, 5) is 0. The third-order valence-electron chi connectivity index (χ3n) is 1.71. The van der Waals surface area contributed by atoms with E-state index in [0.717, 1.165) is 0 Å². The van der Waals surface area contributed by atoms with Crippen LogP contribution in [-0.4, -0.2) is 19.2 Å². The first-order chi connectivity index (χ1) is 6.67. The van der Waals surface area contributed by atoms with Gasteiger partial charge in [-0.15, -0.1) is 0 Å². The molecule has 1 aromatic carbocycles. The molecule has 0 unspecified atom stereocenters. The van der Waals surface area contributed by atoms with Crippen molar-refractivity contribution in [3.05, 3.63) is 28.2 Å². The lowest BCUT2D eigenvalue weighted by Gasteiger charge is -2.16. The molecule has 0 fully saturated rings. The number of hydrogen-bond donors (Lipinski definition) is 2. The molecule has 0 aliphatic carbocycles. The number of hydrogen-bond acceptors (Lipinski definition) is 3. The minimum absolute atomic E-state index is 0.214. The summed E-state index contributed by atoms with van der Waals surface area (Å²) in [5.41, 5.74) is 10.9. The molecule has 0 aromatic heterocycles. The zero-order valence-electron chi connectivity index (χ0n) is 7.54. The minimum atomic E-state index is -0.214. The third-order valence-corrected chi connectivity index (χ3v) is 2.24. The van der Waals surface area contributed by atoms with Crippen LogP contribution in [0.3, 0.4) is 0 Å². The molecule has 0 atom stereocenters. The number of benzene rings is 1. The Labute approximate surface area is 92.9 Å². The Morgan fingerprint density at radius 3 is 2.36 bits per heavy atom. The smallest absolute Gasteiger partial charge is 0.138 e. The Morgan fingerprint density at radius 2 is 1.86 bits per heavy atom. The van der Waals surface area contributed by atoms with Crippen molar-refractivity contribution >= 4 is 23.2 Å². The Kier molecular flexibility index (Phi) is 4.48. The van der Waals surface area contributed by atoms with Gasteiger partial charge in [0, 0.05) is 18.1 Å². The highest BCUT2D eigenvalue weighted by Gasteiger charge is 2.08. The molecule has 0 radical (unpaired) electrons. The van der Waals surface area contributed by atoms with Crippen molar-refractivity contribution in [1.29, 1.82) is 0 Å². The van der Waals surface area contributed by atoms with Gasteiger partial charge in [0.25, 0.3) is 0 Å². The van der Waals surface area contributed by atoms with Gasteiger partial charge in [0.1, 0.15) is 11.9 Å². The Morgan fingerprint density at radius 1 is 1.21 bits per heavy atom. The lowest BCUT2D eigenvalue weighted by molar-refractivity contribution is 0.218. The van der Waals surface area contributed by atoms with Crippen molar-refractivity contribution in [3.63, 3.8) is 0 Å². The minimum Gasteiger partial charge on any atom is -0.486 e. The van der Waals surface area contributed by atoms with E-state index in [0.29, 0.717) is 28.9 Å². The van der Waals surface area contributed by atoms with Gasteiger partial charge < -0.3 is 16.2 Å². The average molecular weight is 235 g/mol. The monoisotopic (exact) mass is 234 g/mol. The quantitative estimate of drug-likeness (QED) is 0.834. The van der Waals surface area contributed by atoms with E-state index in [1.54, 1.807) is 18.2 Å². The van der Waals surface area contributed by atoms with Gasteiger partial charge in [-0.3, -0.25) is 0 Å². The van der Waals surface area contributed by atoms with Gasteiger partial charge in [-0.25, -0.2) is 0 Å². The summed E-state index contributed by atoms with van der Waals surface area (Å²) >= 11 is 11.6. The van der Waals surface area contributed by atoms with Crippen molar-refractivity contribution in [2.24, 2.45) is 11.5 Å². The molecule has 5 heteroatoms. The first-order valence-corrected chi connectivity index (χ1v) is 4.94. The summed E-state index contributed by atoms with van der Waals surface area (Å²) in [5, 5.41) is 1.03. The van der Waals surface area contributed by atoms with Gasteiger partial charge in [0.05, 0.1) is 5.02 Å². The first kappa shape index (κ1) is 11.6. The van der Waals surface area contributed by atoms with E-state index in [-0.39, 0.29) is 6.10 Å². The van der Waals surface area contributed by atoms with Crippen LogP contribution in [0.15, 0.2) is 18.2 Å². The summed E-state index contributed by atoms with van der Waals surface area (Å²) in [6, 6.07) is 5.01. The predicted octanol–water partition coefficient (Wildman–Crippen LogP) is 1.66. The van der Waals surface area contributed by atoms with Crippen molar-refractivity contribution in [1.82, 2.24) is 0 Å². The van der Waals surface area contributed by atoms with E-state index < -0.39 is 0 Å². The van der Waals surface area contributed by atoms with E-state index >= 15 is 0 Å². The molecular formula is C9H12Cl2N2O. The highest BCUT2D eigenvalue weighted by atomic mass is 35.5. The van der Waals surface area contributed by atoms with Crippen LogP contribution in [0, 0.1) is 0 Å². The molecule has 3 nitrogen and oxygen atoms in total. The standard InChI is InChI=1S/C9H12Cl2N2O/c10-6-1-2-9(8(11)3-6)14-7(4-12)5-13/h1-3,7H,4-5,12-13H2. The number of ether oxygens (including phenoxy) is 1. The van der Waals surface area contributed by atoms with Gasteiger partial charge in [-0.05, 0) is 18.2 Å². The fourth-order valence-corrected chi connectivity index (χ4v) is 1.40. The number of halogens is 2. The molecule has 1 aromatic rings. The molecular weight excluding hydrogens is 223 g/mol. The molecule has 0 aliphatic rings. The molecule has 0 saturated heterocycles. The van der Waals surface area contributed by atoms with E-state index in [1.807, 2.05) is 0 Å². The van der Waals surface area contributed by atoms with Gasteiger partial charge in [0.15, 0.2) is 0 Å². The van der Waals surface area contributed by atoms with Crippen LogP contribution in [0.2, 0.25) is 10.0 Å². The summed E-state index contributed by atoms with van der Waals surface area (Å²) in [6.45, 7) is 0.713. The zero-order valence-corrected chi connectivity index (χ0v) is 9.05. The average Bonchev–Trinajstić information content (AvgIpc) is 2.17. The largest absolute Gasteiger partial charge is 0.486 e. The first-order valence-electron chi connectivity index (χ1n) is 4.19. The van der Waals surface area contributed by atoms with Crippen LogP contribution in [-0.2, 0) is 0 Å². The van der Waals surface area contributed by atoms with Crippen LogP contribution in [0.5, 0.6) is 5.75 Å². The van der Waals surface area contributed by atoms with E-state index in [4.69, 9.17) is 39.4 Å². The van der Waals surface area contributed by atoms with Crippen molar-refractivity contribution in [2.75, 3.05) is 13.1 Å². The van der Waals surface area contributed by atoms with Crippen LogP contribution in [0.1, 0.15) is 0 Å². The van der Waals surface area contributed by atoms with Gasteiger partial charge >= 0.3 is 0 Å². The second-order valence-electron chi connectivity index (χ2n) is 2.79. The fourth-order valence-electron chi connectivity index (χ4n) is 0.943. The van der Waals surface area contributed by atoms with E-state index in [9.17, 15) is 0 Å². The molecule has 0 bridgehead atoms. The van der Waals surface area contributed by atoms with Gasteiger partial charge in [-0.2, -0.15) is 0 Å². The lowest BCUT2D eigenvalue weighted by Crippen LogP contribution is -2.34. The van der Waals surface area contributed by atoms with Crippen molar-refractivity contribution in [2.45, 2.75) is 6.10 Å². The zero-order chi connectivity index (χ0) is 10.6. The Bertz CT molecular complexity index is 303. The molecule has 14 heavy (non-hydrogen) atoms. The molecule has 4 N–H and O–H groups in total. The maximum Gasteiger partial charge on any atom is 0.138 e. The highest BCUT2D eigenvalue weighted by molar-refractivity contribution is 6.35. The van der Waals surface area contributed by atoms with Crippen LogP contribution in [0.4, 0.5) is 0 Å². The summed E-state index contributed by atoms with van der Waals surface area (Å²) < 4.78 is 5.46. The van der Waals surface area contributed by atoms with Crippen molar-refractivity contribution < 1.29 is 4.74 Å². The predicted molar refractivity (Wildman–Crippen MR) is 59.0 cm³/mol. The maximum atomic E-state index is 5.90. The normalized spacial score (nSPS) is 10.6. The molecule has 78 valence electrons. The topological polar surface area (TPSA) is 61.3 Å². The second kappa shape index (κ2) is 5.41. The van der Waals surface area contributed by atoms with Crippen LogP contribution < -0.4 is 16.2 Å².